The van der Waals surface area contributed by atoms with Gasteiger partial charge in [-0.2, -0.15) is 0 Å². The van der Waals surface area contributed by atoms with Gasteiger partial charge in [0.15, 0.2) is 8.32 Å². The molecule has 1 N–H and O–H groups in total. The van der Waals surface area contributed by atoms with E-state index in [1.165, 1.54) is 0 Å². The number of likely N-dealkylation sites (tertiary alicyclic amines) is 1. The smallest absolute Gasteiger partial charge is 0.410 e. The standard InChI is InChI=1S/C18H36N2O3Si/c1-16(2,3)23-15(21)20-12-18(13-20)11-19-9-14(18)10-22-24(7,8)17(4,5)6/h14,19H,9-13H2,1-8H3/t14-/m0/s1. The van der Waals surface area contributed by atoms with E-state index in [0.717, 1.165) is 32.8 Å². The predicted octanol–water partition coefficient (Wildman–Crippen LogP) is 3.46. The minimum absolute atomic E-state index is 0.166. The van der Waals surface area contributed by atoms with Crippen LogP contribution >= 0.6 is 0 Å². The van der Waals surface area contributed by atoms with Crippen LogP contribution in [-0.4, -0.2) is 57.7 Å². The van der Waals surface area contributed by atoms with Crippen LogP contribution < -0.4 is 5.32 Å². The molecule has 1 amide bonds. The fraction of sp³-hybridized carbons (Fsp3) is 0.944. The lowest BCUT2D eigenvalue weighted by Crippen LogP contribution is -2.63. The van der Waals surface area contributed by atoms with Gasteiger partial charge in [-0.15, -0.1) is 0 Å². The molecule has 2 saturated heterocycles. The first-order valence-electron chi connectivity index (χ1n) is 9.08. The van der Waals surface area contributed by atoms with Crippen LogP contribution in [0.3, 0.4) is 0 Å². The monoisotopic (exact) mass is 356 g/mol. The molecule has 140 valence electrons. The van der Waals surface area contributed by atoms with Gasteiger partial charge < -0.3 is 19.4 Å². The molecule has 0 saturated carbocycles. The average Bonchev–Trinajstić information content (AvgIpc) is 2.74. The van der Waals surface area contributed by atoms with Crippen molar-refractivity contribution < 1.29 is 14.0 Å². The maximum atomic E-state index is 12.2. The van der Waals surface area contributed by atoms with E-state index in [-0.39, 0.29) is 16.5 Å². The molecule has 0 aromatic carbocycles. The number of amides is 1. The molecule has 2 aliphatic rings. The van der Waals surface area contributed by atoms with Gasteiger partial charge in [-0.1, -0.05) is 20.8 Å². The zero-order chi connectivity index (χ0) is 18.4. The molecule has 2 rings (SSSR count). The largest absolute Gasteiger partial charge is 0.444 e. The maximum Gasteiger partial charge on any atom is 0.410 e. The fourth-order valence-electron chi connectivity index (χ4n) is 3.16. The highest BCUT2D eigenvalue weighted by atomic mass is 28.4. The SMILES string of the molecule is CC(C)(C)OC(=O)N1CC2(CNC[C@H]2CO[Si](C)(C)C(C)(C)C)C1. The van der Waals surface area contributed by atoms with Crippen molar-refractivity contribution in [1.82, 2.24) is 10.2 Å². The van der Waals surface area contributed by atoms with E-state index in [2.05, 4.69) is 39.2 Å². The Kier molecular flexibility index (Phi) is 5.17. The van der Waals surface area contributed by atoms with Crippen molar-refractivity contribution in [2.75, 3.05) is 32.8 Å². The number of carbonyl (C=O) groups is 1. The number of rotatable bonds is 3. The van der Waals surface area contributed by atoms with Crippen molar-refractivity contribution in [3.8, 4) is 0 Å². The molecule has 0 unspecified atom stereocenters. The Morgan fingerprint density at radius 3 is 2.29 bits per heavy atom. The van der Waals surface area contributed by atoms with E-state index in [1.807, 2.05) is 25.7 Å². The molecular formula is C18H36N2O3Si. The Labute approximate surface area is 148 Å². The van der Waals surface area contributed by atoms with Crippen molar-refractivity contribution in [1.29, 1.82) is 0 Å². The van der Waals surface area contributed by atoms with Crippen molar-refractivity contribution >= 4 is 14.4 Å². The Hall–Kier alpha value is -0.593. The Bertz CT molecular complexity index is 474. The molecule has 6 heteroatoms. The van der Waals surface area contributed by atoms with Gasteiger partial charge in [0, 0.05) is 44.1 Å². The van der Waals surface area contributed by atoms with Crippen LogP contribution in [0.4, 0.5) is 4.79 Å². The third kappa shape index (κ3) is 4.14. The first-order valence-corrected chi connectivity index (χ1v) is 12.0. The summed E-state index contributed by atoms with van der Waals surface area (Å²) in [6, 6.07) is 0. The molecule has 2 heterocycles. The minimum atomic E-state index is -1.73. The molecule has 0 aromatic heterocycles. The molecule has 0 aliphatic carbocycles. The molecule has 0 aromatic rings. The van der Waals surface area contributed by atoms with Gasteiger partial charge in [-0.05, 0) is 38.9 Å². The highest BCUT2D eigenvalue weighted by Crippen LogP contribution is 2.43. The van der Waals surface area contributed by atoms with Crippen molar-refractivity contribution in [3.63, 3.8) is 0 Å². The van der Waals surface area contributed by atoms with Crippen molar-refractivity contribution in [3.05, 3.63) is 0 Å². The summed E-state index contributed by atoms with van der Waals surface area (Å²) in [6.07, 6.45) is -0.191. The van der Waals surface area contributed by atoms with Gasteiger partial charge in [-0.25, -0.2) is 4.79 Å². The molecular weight excluding hydrogens is 320 g/mol. The van der Waals surface area contributed by atoms with Crippen LogP contribution in [0, 0.1) is 11.3 Å². The summed E-state index contributed by atoms with van der Waals surface area (Å²) in [5.41, 5.74) is -0.266. The van der Waals surface area contributed by atoms with E-state index in [9.17, 15) is 4.79 Å². The fourth-order valence-corrected chi connectivity index (χ4v) is 4.21. The maximum absolute atomic E-state index is 12.2. The van der Waals surface area contributed by atoms with Crippen LogP contribution in [0.2, 0.25) is 18.1 Å². The van der Waals surface area contributed by atoms with Crippen molar-refractivity contribution in [2.45, 2.75) is 65.3 Å². The number of nitrogens with zero attached hydrogens (tertiary/aromatic N) is 1. The van der Waals surface area contributed by atoms with Gasteiger partial charge in [0.2, 0.25) is 0 Å². The Morgan fingerprint density at radius 1 is 1.21 bits per heavy atom. The number of ether oxygens (including phenoxy) is 1. The number of hydrogen-bond donors (Lipinski definition) is 1. The zero-order valence-corrected chi connectivity index (χ0v) is 17.8. The average molecular weight is 357 g/mol. The number of nitrogens with one attached hydrogen (secondary N) is 1. The van der Waals surface area contributed by atoms with E-state index < -0.39 is 13.9 Å². The van der Waals surface area contributed by atoms with Gasteiger partial charge in [0.25, 0.3) is 0 Å². The second-order valence-electron chi connectivity index (χ2n) is 10.1. The topological polar surface area (TPSA) is 50.8 Å². The number of hydrogen-bond acceptors (Lipinski definition) is 4. The van der Waals surface area contributed by atoms with Gasteiger partial charge >= 0.3 is 6.09 Å². The lowest BCUT2D eigenvalue weighted by molar-refractivity contribution is -0.0502. The second kappa shape index (κ2) is 6.29. The first-order chi connectivity index (χ1) is 10.8. The van der Waals surface area contributed by atoms with Crippen LogP contribution in [0.15, 0.2) is 0 Å². The van der Waals surface area contributed by atoms with Crippen LogP contribution in [0.25, 0.3) is 0 Å². The second-order valence-corrected chi connectivity index (χ2v) is 14.9. The number of carbonyl (C=O) groups excluding carboxylic acids is 1. The van der Waals surface area contributed by atoms with Gasteiger partial charge in [0.05, 0.1) is 0 Å². The summed E-state index contributed by atoms with van der Waals surface area (Å²) in [5.74, 6) is 0.477. The molecule has 2 aliphatic heterocycles. The summed E-state index contributed by atoms with van der Waals surface area (Å²) < 4.78 is 11.9. The van der Waals surface area contributed by atoms with E-state index in [1.54, 1.807) is 0 Å². The Balaban J connectivity index is 1.90. The van der Waals surface area contributed by atoms with Crippen LogP contribution in [-0.2, 0) is 9.16 Å². The van der Waals surface area contributed by atoms with Crippen LogP contribution in [0.1, 0.15) is 41.5 Å². The summed E-state index contributed by atoms with van der Waals surface area (Å²) in [5, 5.41) is 3.73. The molecule has 0 radical (unpaired) electrons. The lowest BCUT2D eigenvalue weighted by Gasteiger charge is -2.51. The summed E-state index contributed by atoms with van der Waals surface area (Å²) in [7, 11) is -1.73. The third-order valence-corrected chi connectivity index (χ3v) is 10.3. The Morgan fingerprint density at radius 2 is 1.79 bits per heavy atom. The van der Waals surface area contributed by atoms with E-state index in [0.29, 0.717) is 5.92 Å². The lowest BCUT2D eigenvalue weighted by atomic mass is 9.72. The molecule has 5 nitrogen and oxygen atoms in total. The molecule has 2 fully saturated rings. The predicted molar refractivity (Wildman–Crippen MR) is 99.7 cm³/mol. The van der Waals surface area contributed by atoms with Gasteiger partial charge in [-0.3, -0.25) is 0 Å². The van der Waals surface area contributed by atoms with E-state index >= 15 is 0 Å². The van der Waals surface area contributed by atoms with E-state index in [4.69, 9.17) is 9.16 Å². The van der Waals surface area contributed by atoms with Crippen LogP contribution in [0.5, 0.6) is 0 Å². The molecule has 24 heavy (non-hydrogen) atoms. The normalized spacial score (nSPS) is 24.2. The first kappa shape index (κ1) is 19.7. The summed E-state index contributed by atoms with van der Waals surface area (Å²) in [6.45, 7) is 21.5. The zero-order valence-electron chi connectivity index (χ0n) is 16.8. The summed E-state index contributed by atoms with van der Waals surface area (Å²) >= 11 is 0. The quantitative estimate of drug-likeness (QED) is 0.787. The molecule has 0 bridgehead atoms. The third-order valence-electron chi connectivity index (χ3n) is 5.85. The summed E-state index contributed by atoms with van der Waals surface area (Å²) in [4.78, 5) is 14.0. The molecule has 1 atom stereocenters. The van der Waals surface area contributed by atoms with Gasteiger partial charge in [0.1, 0.15) is 5.60 Å². The molecule has 1 spiro atoms. The van der Waals surface area contributed by atoms with Crippen molar-refractivity contribution in [2.24, 2.45) is 11.3 Å². The highest BCUT2D eigenvalue weighted by molar-refractivity contribution is 6.74. The minimum Gasteiger partial charge on any atom is -0.444 e. The highest BCUT2D eigenvalue weighted by Gasteiger charge is 2.54.